The molecule has 1 fully saturated rings. The van der Waals surface area contributed by atoms with Crippen molar-refractivity contribution in [1.82, 2.24) is 30.2 Å². The minimum absolute atomic E-state index is 0.0256. The summed E-state index contributed by atoms with van der Waals surface area (Å²) < 4.78 is 20.6. The molecule has 2 aromatic heterocycles. The van der Waals surface area contributed by atoms with Crippen molar-refractivity contribution in [1.29, 1.82) is 0 Å². The molecule has 0 aliphatic carbocycles. The van der Waals surface area contributed by atoms with E-state index in [2.05, 4.69) is 70.1 Å². The Morgan fingerprint density at radius 3 is 2.43 bits per heavy atom. The van der Waals surface area contributed by atoms with Crippen LogP contribution in [0.5, 0.6) is 0 Å². The van der Waals surface area contributed by atoms with E-state index in [0.29, 0.717) is 16.9 Å². The molecule has 3 heterocycles. The second kappa shape index (κ2) is 13.7. The van der Waals surface area contributed by atoms with Gasteiger partial charge in [0.2, 0.25) is 0 Å². The molecule has 1 aliphatic rings. The van der Waals surface area contributed by atoms with Gasteiger partial charge in [0, 0.05) is 25.2 Å². The molecule has 1 unspecified atom stereocenters. The lowest BCUT2D eigenvalue weighted by atomic mass is 9.94. The molecule has 238 valence electrons. The Bertz CT molecular complexity index is 1460. The summed E-state index contributed by atoms with van der Waals surface area (Å²) in [5, 5.41) is 10.7. The van der Waals surface area contributed by atoms with E-state index < -0.39 is 38.7 Å². The van der Waals surface area contributed by atoms with Crippen LogP contribution in [0, 0.1) is 5.92 Å². The number of rotatable bonds is 10. The zero-order valence-corrected chi connectivity index (χ0v) is 27.2. The SMILES string of the molecule is CCOC(=O)C[C@@H]1C(O[Si](C)(C)C(C)(C)C)[C@H](n2cnc3c(NC(=O)Nc4ccccc4)ncnc32)O[C@@H]1CNC(=O)NC. The number of hydrogen-bond donors (Lipinski definition) is 4. The second-order valence-corrected chi connectivity index (χ2v) is 16.8. The molecule has 0 bridgehead atoms. The molecule has 0 radical (unpaired) electrons. The topological polar surface area (TPSA) is 171 Å². The summed E-state index contributed by atoms with van der Waals surface area (Å²) >= 11 is 0. The zero-order valence-electron chi connectivity index (χ0n) is 26.2. The minimum atomic E-state index is -2.42. The van der Waals surface area contributed by atoms with Crippen LogP contribution in [0.3, 0.4) is 0 Å². The first kappa shape index (κ1) is 32.8. The molecule has 0 saturated carbocycles. The quantitative estimate of drug-likeness (QED) is 0.190. The van der Waals surface area contributed by atoms with Crippen LogP contribution in [-0.2, 0) is 18.7 Å². The fraction of sp³-hybridized carbons (Fsp3) is 0.517. The third kappa shape index (κ3) is 7.52. The highest BCUT2D eigenvalue weighted by Crippen LogP contribution is 2.45. The number of amides is 4. The average molecular weight is 627 g/mol. The molecule has 3 aromatic rings. The molecule has 0 spiro atoms. The van der Waals surface area contributed by atoms with E-state index in [0.717, 1.165) is 0 Å². The van der Waals surface area contributed by atoms with Crippen LogP contribution in [0.2, 0.25) is 18.1 Å². The van der Waals surface area contributed by atoms with Crippen LogP contribution < -0.4 is 21.3 Å². The van der Waals surface area contributed by atoms with Gasteiger partial charge in [-0.1, -0.05) is 39.0 Å². The van der Waals surface area contributed by atoms with Gasteiger partial charge >= 0.3 is 18.0 Å². The number of fused-ring (bicyclic) bond motifs is 1. The van der Waals surface area contributed by atoms with Crippen molar-refractivity contribution < 1.29 is 28.3 Å². The van der Waals surface area contributed by atoms with E-state index in [1.165, 1.54) is 13.4 Å². The lowest BCUT2D eigenvalue weighted by molar-refractivity contribution is -0.145. The van der Waals surface area contributed by atoms with Crippen LogP contribution in [0.1, 0.15) is 40.3 Å². The van der Waals surface area contributed by atoms with E-state index in [1.807, 2.05) is 18.2 Å². The Morgan fingerprint density at radius 1 is 1.05 bits per heavy atom. The maximum Gasteiger partial charge on any atom is 0.324 e. The predicted molar refractivity (Wildman–Crippen MR) is 168 cm³/mol. The van der Waals surface area contributed by atoms with Gasteiger partial charge in [0.05, 0.1) is 31.6 Å². The first-order chi connectivity index (χ1) is 20.8. The lowest BCUT2D eigenvalue weighted by Gasteiger charge is -2.40. The van der Waals surface area contributed by atoms with E-state index in [9.17, 15) is 14.4 Å². The van der Waals surface area contributed by atoms with Gasteiger partial charge in [0.15, 0.2) is 31.5 Å². The van der Waals surface area contributed by atoms with Gasteiger partial charge < -0.3 is 29.9 Å². The van der Waals surface area contributed by atoms with E-state index in [4.69, 9.17) is 13.9 Å². The summed E-state index contributed by atoms with van der Waals surface area (Å²) in [7, 11) is -0.894. The highest BCUT2D eigenvalue weighted by molar-refractivity contribution is 6.74. The van der Waals surface area contributed by atoms with Gasteiger partial charge in [-0.3, -0.25) is 14.7 Å². The number of nitrogens with one attached hydrogen (secondary N) is 4. The normalized spacial score (nSPS) is 20.2. The minimum Gasteiger partial charge on any atom is -0.466 e. The summed E-state index contributed by atoms with van der Waals surface area (Å²) in [5.74, 6) is -0.633. The van der Waals surface area contributed by atoms with Crippen LogP contribution in [0.4, 0.5) is 21.1 Å². The Morgan fingerprint density at radius 2 is 1.77 bits per heavy atom. The summed E-state index contributed by atoms with van der Waals surface area (Å²) in [6, 6.07) is 8.16. The highest BCUT2D eigenvalue weighted by Gasteiger charge is 2.51. The van der Waals surface area contributed by atoms with E-state index >= 15 is 0 Å². The number of para-hydroxylation sites is 1. The fourth-order valence-corrected chi connectivity index (χ4v) is 6.05. The van der Waals surface area contributed by atoms with Gasteiger partial charge in [0.1, 0.15) is 6.33 Å². The highest BCUT2D eigenvalue weighted by atomic mass is 28.4. The molecule has 4 N–H and O–H groups in total. The van der Waals surface area contributed by atoms with Crippen molar-refractivity contribution in [2.45, 2.75) is 70.7 Å². The third-order valence-corrected chi connectivity index (χ3v) is 12.5. The lowest BCUT2D eigenvalue weighted by Crippen LogP contribution is -2.48. The smallest absolute Gasteiger partial charge is 0.324 e. The molecular weight excluding hydrogens is 584 g/mol. The molecule has 1 aromatic carbocycles. The van der Waals surface area contributed by atoms with Gasteiger partial charge in [-0.05, 0) is 37.2 Å². The maximum absolute atomic E-state index is 12.8. The van der Waals surface area contributed by atoms with Crippen LogP contribution in [-0.4, -0.2) is 78.3 Å². The maximum atomic E-state index is 12.8. The second-order valence-electron chi connectivity index (χ2n) is 12.0. The van der Waals surface area contributed by atoms with Gasteiger partial charge in [-0.15, -0.1) is 0 Å². The predicted octanol–water partition coefficient (Wildman–Crippen LogP) is 4.26. The largest absolute Gasteiger partial charge is 0.466 e. The number of nitrogens with zero attached hydrogens (tertiary/aromatic N) is 4. The van der Waals surface area contributed by atoms with Gasteiger partial charge in [-0.2, -0.15) is 0 Å². The van der Waals surface area contributed by atoms with E-state index in [-0.39, 0.29) is 42.4 Å². The monoisotopic (exact) mass is 626 g/mol. The molecule has 44 heavy (non-hydrogen) atoms. The number of anilines is 2. The first-order valence-corrected chi connectivity index (χ1v) is 17.5. The molecule has 4 amide bonds. The van der Waals surface area contributed by atoms with Crippen molar-refractivity contribution in [3.8, 4) is 0 Å². The van der Waals surface area contributed by atoms with Crippen LogP contribution in [0.15, 0.2) is 43.0 Å². The molecule has 1 saturated heterocycles. The van der Waals surface area contributed by atoms with Crippen molar-refractivity contribution >= 4 is 49.0 Å². The number of ether oxygens (including phenoxy) is 2. The van der Waals surface area contributed by atoms with Crippen LogP contribution >= 0.6 is 0 Å². The molecule has 1 aliphatic heterocycles. The number of carbonyl (C=O) groups excluding carboxylic acids is 3. The molecule has 15 heteroatoms. The summed E-state index contributed by atoms with van der Waals surface area (Å²) in [6.07, 6.45) is 0.954. The van der Waals surface area contributed by atoms with E-state index in [1.54, 1.807) is 30.0 Å². The summed E-state index contributed by atoms with van der Waals surface area (Å²) in [6.45, 7) is 12.8. The zero-order chi connectivity index (χ0) is 32.1. The van der Waals surface area contributed by atoms with Gasteiger partial charge in [0.25, 0.3) is 0 Å². The Hall–Kier alpha value is -4.08. The number of urea groups is 2. The third-order valence-electron chi connectivity index (χ3n) is 8.03. The molecular formula is C29H42N8O6Si. The van der Waals surface area contributed by atoms with Gasteiger partial charge in [-0.25, -0.2) is 24.5 Å². The number of aromatic nitrogens is 4. The van der Waals surface area contributed by atoms with Crippen molar-refractivity contribution in [3.63, 3.8) is 0 Å². The summed E-state index contributed by atoms with van der Waals surface area (Å²) in [5.41, 5.74) is 1.37. The first-order valence-electron chi connectivity index (χ1n) is 14.6. The Kier molecular flexibility index (Phi) is 10.2. The van der Waals surface area contributed by atoms with Crippen molar-refractivity contribution in [2.24, 2.45) is 5.92 Å². The number of imidazole rings is 1. The number of hydrogen-bond acceptors (Lipinski definition) is 9. The fourth-order valence-electron chi connectivity index (χ4n) is 4.73. The summed E-state index contributed by atoms with van der Waals surface area (Å²) in [4.78, 5) is 50.9. The molecule has 14 nitrogen and oxygen atoms in total. The van der Waals surface area contributed by atoms with Crippen molar-refractivity contribution in [3.05, 3.63) is 43.0 Å². The number of esters is 1. The Balaban J connectivity index is 1.71. The number of benzene rings is 1. The number of carbonyl (C=O) groups is 3. The van der Waals surface area contributed by atoms with Crippen molar-refractivity contribution in [2.75, 3.05) is 30.8 Å². The molecule has 4 rings (SSSR count). The average Bonchev–Trinajstić information content (AvgIpc) is 3.53. The molecule has 4 atom stereocenters. The van der Waals surface area contributed by atoms with Crippen LogP contribution in [0.25, 0.3) is 11.2 Å². The Labute approximate surface area is 257 Å². The standard InChI is InChI=1S/C29H42N8O6Si/c1-8-41-21(38)14-19-20(15-31-27(39)30-5)42-26(23(19)43-44(6,7)29(2,3)4)37-17-34-22-24(32-16-33-25(22)37)36-28(40)35-18-12-10-9-11-13-18/h9-13,16-17,19-20,23,26H,8,14-15H2,1-7H3,(H2,30,31,39)(H2,32,33,35,36,40)/t19-,20+,23?,26+/m0/s1.